The molecule has 4 rings (SSSR count). The fourth-order valence-corrected chi connectivity index (χ4v) is 3.30. The van der Waals surface area contributed by atoms with Gasteiger partial charge in [-0.2, -0.15) is 0 Å². The summed E-state index contributed by atoms with van der Waals surface area (Å²) in [6.45, 7) is 1.85. The Labute approximate surface area is 149 Å². The molecule has 0 saturated carbocycles. The van der Waals surface area contributed by atoms with Crippen LogP contribution in [0, 0.1) is 5.92 Å². The Balaban J connectivity index is 1.86. The lowest BCUT2D eigenvalue weighted by atomic mass is 9.83. The molecule has 2 aromatic heterocycles. The average Bonchev–Trinajstić information content (AvgIpc) is 2.65. The van der Waals surface area contributed by atoms with Crippen molar-refractivity contribution in [2.75, 3.05) is 5.73 Å². The second-order valence-corrected chi connectivity index (χ2v) is 6.34. The molecule has 6 heteroatoms. The molecule has 0 aliphatic heterocycles. The summed E-state index contributed by atoms with van der Waals surface area (Å²) in [5.74, 6) is -1.84. The summed E-state index contributed by atoms with van der Waals surface area (Å²) in [6, 6.07) is 9.41. The van der Waals surface area contributed by atoms with E-state index in [1.54, 1.807) is 6.20 Å². The predicted octanol–water partition coefficient (Wildman–Crippen LogP) is 4.71. The van der Waals surface area contributed by atoms with Crippen molar-refractivity contribution in [2.45, 2.75) is 12.8 Å². The van der Waals surface area contributed by atoms with Gasteiger partial charge in [-0.25, -0.2) is 18.7 Å². The van der Waals surface area contributed by atoms with Crippen LogP contribution in [0.3, 0.4) is 0 Å². The van der Waals surface area contributed by atoms with E-state index < -0.39 is 11.7 Å². The first-order valence-corrected chi connectivity index (χ1v) is 8.25. The highest BCUT2D eigenvalue weighted by molar-refractivity contribution is 5.91. The van der Waals surface area contributed by atoms with Crippen LogP contribution in [0.1, 0.15) is 18.5 Å². The highest BCUT2D eigenvalue weighted by Gasteiger charge is 2.27. The van der Waals surface area contributed by atoms with Crippen molar-refractivity contribution in [3.8, 4) is 11.1 Å². The van der Waals surface area contributed by atoms with Crippen molar-refractivity contribution >= 4 is 16.7 Å². The van der Waals surface area contributed by atoms with Gasteiger partial charge in [-0.1, -0.05) is 19.1 Å². The average molecular weight is 350 g/mol. The minimum absolute atomic E-state index is 0.211. The number of pyridine rings is 1. The van der Waals surface area contributed by atoms with Gasteiger partial charge in [0.1, 0.15) is 12.1 Å². The minimum atomic E-state index is -0.846. The molecule has 0 radical (unpaired) electrons. The quantitative estimate of drug-likeness (QED) is 0.727. The van der Waals surface area contributed by atoms with Crippen LogP contribution in [-0.2, 0) is 0 Å². The summed E-state index contributed by atoms with van der Waals surface area (Å²) >= 11 is 0. The normalized spacial score (nSPS) is 20.0. The van der Waals surface area contributed by atoms with Gasteiger partial charge in [0.2, 0.25) is 0 Å². The zero-order valence-electron chi connectivity index (χ0n) is 14.0. The number of anilines is 1. The molecule has 26 heavy (non-hydrogen) atoms. The monoisotopic (exact) mass is 350 g/mol. The molecule has 3 aromatic rings. The van der Waals surface area contributed by atoms with Crippen LogP contribution >= 0.6 is 0 Å². The topological polar surface area (TPSA) is 64.7 Å². The number of benzene rings is 1. The van der Waals surface area contributed by atoms with Crippen LogP contribution in [0.5, 0.6) is 0 Å². The second-order valence-electron chi connectivity index (χ2n) is 6.34. The van der Waals surface area contributed by atoms with Crippen LogP contribution in [0.4, 0.5) is 14.6 Å². The Morgan fingerprint density at radius 3 is 2.65 bits per heavy atom. The van der Waals surface area contributed by atoms with Gasteiger partial charge in [-0.3, -0.25) is 4.98 Å². The second kappa shape index (κ2) is 6.29. The molecule has 2 atom stereocenters. The van der Waals surface area contributed by atoms with Gasteiger partial charge < -0.3 is 5.73 Å². The molecule has 0 saturated heterocycles. The van der Waals surface area contributed by atoms with E-state index in [4.69, 9.17) is 5.73 Å². The molecule has 0 bridgehead atoms. The smallest absolute Gasteiger partial charge is 0.155 e. The SMILES string of the molecule is CC1C=C(F)C(F)=CC1c1ncccc1-c1ccc2ncnc(N)c2c1. The van der Waals surface area contributed by atoms with Crippen LogP contribution in [0.2, 0.25) is 0 Å². The molecule has 0 spiro atoms. The number of allylic oxidation sites excluding steroid dienone is 4. The number of nitrogens with zero attached hydrogens (tertiary/aromatic N) is 3. The van der Waals surface area contributed by atoms with Crippen LogP contribution < -0.4 is 5.73 Å². The molecule has 1 aromatic carbocycles. The predicted molar refractivity (Wildman–Crippen MR) is 97.5 cm³/mol. The van der Waals surface area contributed by atoms with Gasteiger partial charge in [0.05, 0.1) is 11.2 Å². The highest BCUT2D eigenvalue weighted by atomic mass is 19.2. The Hall–Kier alpha value is -3.15. The number of rotatable bonds is 2. The summed E-state index contributed by atoms with van der Waals surface area (Å²) < 4.78 is 27.4. The highest BCUT2D eigenvalue weighted by Crippen LogP contribution is 2.39. The zero-order chi connectivity index (χ0) is 18.3. The third kappa shape index (κ3) is 2.73. The lowest BCUT2D eigenvalue weighted by Crippen LogP contribution is -2.13. The van der Waals surface area contributed by atoms with Crippen LogP contribution in [0.25, 0.3) is 22.0 Å². The van der Waals surface area contributed by atoms with Gasteiger partial charge in [0.25, 0.3) is 0 Å². The molecule has 130 valence electrons. The molecule has 2 N–H and O–H groups in total. The van der Waals surface area contributed by atoms with Crippen molar-refractivity contribution in [1.82, 2.24) is 15.0 Å². The first-order valence-electron chi connectivity index (χ1n) is 8.25. The largest absolute Gasteiger partial charge is 0.383 e. The number of fused-ring (bicyclic) bond motifs is 1. The minimum Gasteiger partial charge on any atom is -0.383 e. The molecular formula is C20H16F2N4. The van der Waals surface area contributed by atoms with E-state index in [0.29, 0.717) is 11.5 Å². The van der Waals surface area contributed by atoms with Crippen molar-refractivity contribution < 1.29 is 8.78 Å². The Morgan fingerprint density at radius 1 is 1.00 bits per heavy atom. The first-order chi connectivity index (χ1) is 12.5. The molecule has 1 aliphatic carbocycles. The standard InChI is InChI=1S/C20H16F2N4/c1-11-7-16(21)17(22)9-14(11)19-13(3-2-6-24-19)12-4-5-18-15(8-12)20(23)26-10-25-18/h2-11,14H,1H3,(H2,23,25,26). The van der Waals surface area contributed by atoms with Gasteiger partial charge in [0, 0.05) is 23.1 Å². The number of halogens is 2. The van der Waals surface area contributed by atoms with E-state index >= 15 is 0 Å². The first kappa shape index (κ1) is 16.3. The summed E-state index contributed by atoms with van der Waals surface area (Å²) in [6.07, 6.45) is 5.67. The molecule has 0 amide bonds. The molecule has 0 fully saturated rings. The number of nitrogens with two attached hydrogens (primary N) is 1. The molecule has 1 aliphatic rings. The van der Waals surface area contributed by atoms with Crippen molar-refractivity contribution in [3.63, 3.8) is 0 Å². The van der Waals surface area contributed by atoms with E-state index in [0.717, 1.165) is 22.0 Å². The Bertz CT molecular complexity index is 1060. The fourth-order valence-electron chi connectivity index (χ4n) is 3.30. The van der Waals surface area contributed by atoms with Crippen LogP contribution in [-0.4, -0.2) is 15.0 Å². The Morgan fingerprint density at radius 2 is 1.81 bits per heavy atom. The molecular weight excluding hydrogens is 334 g/mol. The van der Waals surface area contributed by atoms with Gasteiger partial charge in [-0.15, -0.1) is 0 Å². The third-order valence-electron chi connectivity index (χ3n) is 4.66. The van der Waals surface area contributed by atoms with Gasteiger partial charge in [-0.05, 0) is 41.8 Å². The maximum atomic E-state index is 13.8. The summed E-state index contributed by atoms with van der Waals surface area (Å²) in [5, 5.41) is 0.740. The fraction of sp³-hybridized carbons (Fsp3) is 0.150. The van der Waals surface area contributed by atoms with E-state index in [2.05, 4.69) is 15.0 Å². The van der Waals surface area contributed by atoms with Gasteiger partial charge in [0.15, 0.2) is 11.7 Å². The van der Waals surface area contributed by atoms with E-state index in [1.807, 2.05) is 37.3 Å². The number of aromatic nitrogens is 3. The van der Waals surface area contributed by atoms with Crippen molar-refractivity contribution in [1.29, 1.82) is 0 Å². The van der Waals surface area contributed by atoms with E-state index in [9.17, 15) is 8.78 Å². The number of hydrogen-bond donors (Lipinski definition) is 1. The van der Waals surface area contributed by atoms with Gasteiger partial charge >= 0.3 is 0 Å². The number of hydrogen-bond acceptors (Lipinski definition) is 4. The van der Waals surface area contributed by atoms with E-state index in [1.165, 1.54) is 18.5 Å². The summed E-state index contributed by atoms with van der Waals surface area (Å²) in [4.78, 5) is 12.7. The molecule has 2 unspecified atom stereocenters. The lowest BCUT2D eigenvalue weighted by Gasteiger charge is -2.23. The van der Waals surface area contributed by atoms with Crippen molar-refractivity contribution in [3.05, 3.63) is 72.4 Å². The lowest BCUT2D eigenvalue weighted by molar-refractivity contribution is 0.488. The third-order valence-corrected chi connectivity index (χ3v) is 4.66. The maximum Gasteiger partial charge on any atom is 0.155 e. The number of nitrogen functional groups attached to an aromatic ring is 1. The van der Waals surface area contributed by atoms with E-state index in [-0.39, 0.29) is 11.8 Å². The summed E-state index contributed by atoms with van der Waals surface area (Å²) in [7, 11) is 0. The molecule has 2 heterocycles. The van der Waals surface area contributed by atoms with Crippen LogP contribution in [0.15, 0.2) is 66.7 Å². The maximum absolute atomic E-state index is 13.8. The Kier molecular flexibility index (Phi) is 3.95. The van der Waals surface area contributed by atoms with Crippen molar-refractivity contribution in [2.24, 2.45) is 5.92 Å². The molecule has 4 nitrogen and oxygen atoms in total. The summed E-state index contributed by atoms with van der Waals surface area (Å²) in [5.41, 5.74) is 9.11. The zero-order valence-corrected chi connectivity index (χ0v) is 14.0.